The molecule has 0 bridgehead atoms. The second-order valence-corrected chi connectivity index (χ2v) is 5.40. The smallest absolute Gasteiger partial charge is 0.251 e. The molecule has 7 heteroatoms. The zero-order chi connectivity index (χ0) is 14.5. The highest BCUT2D eigenvalue weighted by Crippen LogP contribution is 2.13. The molecule has 2 rings (SSSR count). The molecule has 0 spiro atoms. The number of carbonyl (C=O) groups excluding carboxylic acids is 1. The van der Waals surface area contributed by atoms with Crippen LogP contribution in [0.5, 0.6) is 0 Å². The number of rotatable bonds is 5. The van der Waals surface area contributed by atoms with Gasteiger partial charge in [-0.1, -0.05) is 0 Å². The maximum absolute atomic E-state index is 11.8. The van der Waals surface area contributed by atoms with Crippen molar-refractivity contribution in [3.8, 4) is 0 Å². The molecule has 0 radical (unpaired) electrons. The molecule has 2 N–H and O–H groups in total. The Kier molecular flexibility index (Phi) is 4.62. The largest absolute Gasteiger partial charge is 0.350 e. The second kappa shape index (κ2) is 6.42. The zero-order valence-corrected chi connectivity index (χ0v) is 12.2. The maximum atomic E-state index is 11.8. The van der Waals surface area contributed by atoms with Gasteiger partial charge in [0, 0.05) is 17.4 Å². The summed E-state index contributed by atoms with van der Waals surface area (Å²) in [6, 6.07) is 1.39. The molecule has 0 fully saturated rings. The molecule has 0 aliphatic heterocycles. The minimum Gasteiger partial charge on any atom is -0.350 e. The van der Waals surface area contributed by atoms with Crippen molar-refractivity contribution < 1.29 is 4.79 Å². The molecule has 2 aromatic heterocycles. The Labute approximate surface area is 120 Å². The molecule has 0 atom stereocenters. The van der Waals surface area contributed by atoms with Gasteiger partial charge in [-0.15, -0.1) is 11.3 Å². The summed E-state index contributed by atoms with van der Waals surface area (Å²) in [5.74, 6) is 0.486. The number of nitrogens with one attached hydrogen (secondary N) is 2. The molecule has 2 heterocycles. The number of nitrogens with zero attached hydrogens (tertiary/aromatic N) is 2. The van der Waals surface area contributed by atoms with Gasteiger partial charge >= 0.3 is 0 Å². The van der Waals surface area contributed by atoms with Crippen LogP contribution in [0.15, 0.2) is 16.4 Å². The van der Waals surface area contributed by atoms with Crippen LogP contribution in [0.1, 0.15) is 28.5 Å². The molecule has 20 heavy (non-hydrogen) atoms. The molecule has 0 saturated carbocycles. The number of aryl methyl sites for hydroxylation is 3. The predicted octanol–water partition coefficient (Wildman–Crippen LogP) is 1.09. The van der Waals surface area contributed by atoms with Gasteiger partial charge in [-0.2, -0.15) is 0 Å². The first-order chi connectivity index (χ1) is 9.54. The van der Waals surface area contributed by atoms with Crippen molar-refractivity contribution in [1.82, 2.24) is 20.3 Å². The lowest BCUT2D eigenvalue weighted by Gasteiger charge is -2.05. The van der Waals surface area contributed by atoms with Crippen LogP contribution in [-0.2, 0) is 17.8 Å². The predicted molar refractivity (Wildman–Crippen MR) is 76.6 cm³/mol. The lowest BCUT2D eigenvalue weighted by molar-refractivity contribution is -0.121. The first-order valence-electron chi connectivity index (χ1n) is 6.27. The fourth-order valence-electron chi connectivity index (χ4n) is 1.80. The Balaban J connectivity index is 1.83. The van der Waals surface area contributed by atoms with Gasteiger partial charge in [0.1, 0.15) is 5.82 Å². The van der Waals surface area contributed by atoms with Crippen LogP contribution in [-0.4, -0.2) is 20.9 Å². The molecule has 0 aliphatic carbocycles. The molecule has 0 unspecified atom stereocenters. The lowest BCUT2D eigenvalue weighted by Crippen LogP contribution is -2.25. The molecule has 0 saturated heterocycles. The Hall–Kier alpha value is -2.02. The van der Waals surface area contributed by atoms with Crippen molar-refractivity contribution in [3.63, 3.8) is 0 Å². The minimum absolute atomic E-state index is 0.0578. The molecule has 2 aromatic rings. The van der Waals surface area contributed by atoms with Crippen molar-refractivity contribution in [2.24, 2.45) is 0 Å². The number of amides is 1. The molecule has 1 amide bonds. The van der Waals surface area contributed by atoms with Crippen molar-refractivity contribution in [3.05, 3.63) is 44.0 Å². The Morgan fingerprint density at radius 2 is 2.25 bits per heavy atom. The van der Waals surface area contributed by atoms with Gasteiger partial charge in [0.2, 0.25) is 5.91 Å². The summed E-state index contributed by atoms with van der Waals surface area (Å²) in [7, 11) is 0. The van der Waals surface area contributed by atoms with Gasteiger partial charge in [0.25, 0.3) is 5.56 Å². The highest BCUT2D eigenvalue weighted by Gasteiger charge is 2.07. The van der Waals surface area contributed by atoms with E-state index in [1.807, 2.05) is 6.92 Å². The summed E-state index contributed by atoms with van der Waals surface area (Å²) in [6.45, 7) is 3.91. The topological polar surface area (TPSA) is 87.7 Å². The van der Waals surface area contributed by atoms with Crippen LogP contribution < -0.4 is 10.9 Å². The summed E-state index contributed by atoms with van der Waals surface area (Å²) in [4.78, 5) is 35.0. The number of aromatic amines is 1. The average Bonchev–Trinajstić information content (AvgIpc) is 2.78. The number of H-pyrrole nitrogens is 1. The van der Waals surface area contributed by atoms with E-state index in [-0.39, 0.29) is 18.0 Å². The number of aromatic nitrogens is 3. The quantitative estimate of drug-likeness (QED) is 0.863. The van der Waals surface area contributed by atoms with Crippen molar-refractivity contribution in [2.75, 3.05) is 0 Å². The van der Waals surface area contributed by atoms with Gasteiger partial charge < -0.3 is 10.3 Å². The van der Waals surface area contributed by atoms with Crippen LogP contribution in [0.4, 0.5) is 0 Å². The monoisotopic (exact) mass is 292 g/mol. The minimum atomic E-state index is -0.206. The molecule has 0 aromatic carbocycles. The third-order valence-electron chi connectivity index (χ3n) is 2.80. The summed E-state index contributed by atoms with van der Waals surface area (Å²) in [5, 5.41) is 2.77. The molecule has 106 valence electrons. The van der Waals surface area contributed by atoms with E-state index < -0.39 is 0 Å². The normalized spacial score (nSPS) is 10.5. The first kappa shape index (κ1) is 14.4. The van der Waals surface area contributed by atoms with E-state index in [4.69, 9.17) is 0 Å². The molecular formula is C13H16N4O2S. The fraction of sp³-hybridized carbons (Fsp3) is 0.385. The summed E-state index contributed by atoms with van der Waals surface area (Å²) >= 11 is 1.56. The van der Waals surface area contributed by atoms with Crippen LogP contribution in [0.3, 0.4) is 0 Å². The third-order valence-corrected chi connectivity index (χ3v) is 3.80. The van der Waals surface area contributed by atoms with Crippen LogP contribution >= 0.6 is 11.3 Å². The Bertz CT molecular complexity index is 662. The van der Waals surface area contributed by atoms with Crippen molar-refractivity contribution >= 4 is 17.2 Å². The van der Waals surface area contributed by atoms with E-state index in [1.54, 1.807) is 23.8 Å². The highest BCUT2D eigenvalue weighted by molar-refractivity contribution is 7.09. The molecular weight excluding hydrogens is 276 g/mol. The molecule has 6 nitrogen and oxygen atoms in total. The standard InChI is InChI=1S/C13H16N4O2S/c1-8-11(20-7-15-8)3-4-12(18)14-6-10-5-13(19)17-9(2)16-10/h5,7H,3-4,6H2,1-2H3,(H,14,18)(H,16,17,19). The van der Waals surface area contributed by atoms with Crippen molar-refractivity contribution in [2.45, 2.75) is 33.2 Å². The van der Waals surface area contributed by atoms with Gasteiger partial charge in [0.05, 0.1) is 23.4 Å². The van der Waals surface area contributed by atoms with E-state index in [9.17, 15) is 9.59 Å². The van der Waals surface area contributed by atoms with E-state index >= 15 is 0 Å². The van der Waals surface area contributed by atoms with Gasteiger partial charge in [0.15, 0.2) is 0 Å². The highest BCUT2D eigenvalue weighted by atomic mass is 32.1. The van der Waals surface area contributed by atoms with E-state index in [0.29, 0.717) is 24.4 Å². The van der Waals surface area contributed by atoms with Crippen LogP contribution in [0.2, 0.25) is 0 Å². The van der Waals surface area contributed by atoms with Gasteiger partial charge in [-0.05, 0) is 20.3 Å². The second-order valence-electron chi connectivity index (χ2n) is 4.46. The molecule has 0 aliphatic rings. The average molecular weight is 292 g/mol. The third kappa shape index (κ3) is 3.99. The maximum Gasteiger partial charge on any atom is 0.251 e. The first-order valence-corrected chi connectivity index (χ1v) is 7.15. The number of hydrogen-bond donors (Lipinski definition) is 2. The van der Waals surface area contributed by atoms with Crippen LogP contribution in [0.25, 0.3) is 0 Å². The van der Waals surface area contributed by atoms with Gasteiger partial charge in [-0.25, -0.2) is 9.97 Å². The van der Waals surface area contributed by atoms with E-state index in [2.05, 4.69) is 20.3 Å². The number of carbonyl (C=O) groups is 1. The summed E-state index contributed by atoms with van der Waals surface area (Å²) in [5.41, 5.74) is 3.12. The fourth-order valence-corrected chi connectivity index (χ4v) is 2.58. The lowest BCUT2D eigenvalue weighted by atomic mass is 10.2. The van der Waals surface area contributed by atoms with Gasteiger partial charge in [-0.3, -0.25) is 9.59 Å². The summed E-state index contributed by atoms with van der Waals surface area (Å²) < 4.78 is 0. The van der Waals surface area contributed by atoms with E-state index in [0.717, 1.165) is 10.6 Å². The summed E-state index contributed by atoms with van der Waals surface area (Å²) in [6.07, 6.45) is 1.09. The zero-order valence-electron chi connectivity index (χ0n) is 11.4. The SMILES string of the molecule is Cc1nc(CNC(=O)CCc2scnc2C)cc(=O)[nH]1. The van der Waals surface area contributed by atoms with Crippen LogP contribution in [0, 0.1) is 13.8 Å². The van der Waals surface area contributed by atoms with Crippen molar-refractivity contribution in [1.29, 1.82) is 0 Å². The van der Waals surface area contributed by atoms with E-state index in [1.165, 1.54) is 6.07 Å². The number of hydrogen-bond acceptors (Lipinski definition) is 5. The number of thiazole rings is 1. The Morgan fingerprint density at radius 3 is 2.90 bits per heavy atom. The Morgan fingerprint density at radius 1 is 1.45 bits per heavy atom.